The fourth-order valence-electron chi connectivity index (χ4n) is 2.07. The number of benzene rings is 1. The highest BCUT2D eigenvalue weighted by molar-refractivity contribution is 5.80. The molecule has 19 heavy (non-hydrogen) atoms. The molecule has 2 heterocycles. The highest BCUT2D eigenvalue weighted by Crippen LogP contribution is 2.16. The molecule has 0 amide bonds. The fraction of sp³-hybridized carbons (Fsp3) is 0.231. The smallest absolute Gasteiger partial charge is 0.201 e. The quantitative estimate of drug-likeness (QED) is 0.618. The first-order valence-electron chi connectivity index (χ1n) is 6.18. The van der Waals surface area contributed by atoms with Crippen LogP contribution in [0.3, 0.4) is 0 Å². The van der Waals surface area contributed by atoms with Crippen LogP contribution in [-0.2, 0) is 13.5 Å². The van der Waals surface area contributed by atoms with E-state index in [0.29, 0.717) is 0 Å². The summed E-state index contributed by atoms with van der Waals surface area (Å²) in [6.45, 7) is 0.800. The van der Waals surface area contributed by atoms with Crippen molar-refractivity contribution < 1.29 is 0 Å². The Hall–Kier alpha value is -2.50. The van der Waals surface area contributed by atoms with Crippen LogP contribution >= 0.6 is 0 Å². The molecule has 0 radical (unpaired) electrons. The molecule has 0 aliphatic heterocycles. The third-order valence-corrected chi connectivity index (χ3v) is 3.10. The maximum absolute atomic E-state index is 5.74. The number of nitrogen functional groups attached to an aromatic ring is 1. The van der Waals surface area contributed by atoms with E-state index < -0.39 is 0 Å². The number of aromatic amines is 1. The lowest BCUT2D eigenvalue weighted by Crippen LogP contribution is -2.09. The topological polar surface area (TPSA) is 84.6 Å². The van der Waals surface area contributed by atoms with Crippen LogP contribution in [0.4, 0.5) is 11.6 Å². The molecule has 0 aliphatic carbocycles. The zero-order chi connectivity index (χ0) is 13.2. The van der Waals surface area contributed by atoms with Crippen LogP contribution in [0.2, 0.25) is 0 Å². The van der Waals surface area contributed by atoms with E-state index in [1.54, 1.807) is 6.20 Å². The van der Waals surface area contributed by atoms with Gasteiger partial charge in [0.1, 0.15) is 0 Å². The molecule has 0 fully saturated rings. The number of fused-ring (bicyclic) bond motifs is 1. The van der Waals surface area contributed by atoms with Gasteiger partial charge in [-0.05, 0) is 24.3 Å². The predicted molar refractivity (Wildman–Crippen MR) is 75.9 cm³/mol. The molecule has 6 heteroatoms. The zero-order valence-corrected chi connectivity index (χ0v) is 10.7. The van der Waals surface area contributed by atoms with Crippen molar-refractivity contribution in [3.8, 4) is 0 Å². The van der Waals surface area contributed by atoms with Crippen molar-refractivity contribution in [2.24, 2.45) is 7.05 Å². The van der Waals surface area contributed by atoms with Gasteiger partial charge in [-0.3, -0.25) is 4.68 Å². The average Bonchev–Trinajstić information content (AvgIpc) is 2.95. The Kier molecular flexibility index (Phi) is 2.83. The minimum Gasteiger partial charge on any atom is -0.399 e. The number of aromatic nitrogens is 4. The van der Waals surface area contributed by atoms with Gasteiger partial charge in [-0.1, -0.05) is 0 Å². The minimum absolute atomic E-state index is 0.734. The second kappa shape index (κ2) is 4.64. The fourth-order valence-corrected chi connectivity index (χ4v) is 2.07. The van der Waals surface area contributed by atoms with Crippen LogP contribution in [-0.4, -0.2) is 26.3 Å². The number of hydrogen-bond donors (Lipinski definition) is 3. The van der Waals surface area contributed by atoms with Crippen LogP contribution in [0.1, 0.15) is 5.69 Å². The third-order valence-electron chi connectivity index (χ3n) is 3.10. The summed E-state index contributed by atoms with van der Waals surface area (Å²) in [6.07, 6.45) is 2.70. The van der Waals surface area contributed by atoms with E-state index in [9.17, 15) is 0 Å². The molecule has 4 N–H and O–H groups in total. The lowest BCUT2D eigenvalue weighted by Gasteiger charge is -2.03. The van der Waals surface area contributed by atoms with Gasteiger partial charge in [0.15, 0.2) is 0 Å². The van der Waals surface area contributed by atoms with Crippen molar-refractivity contribution >= 4 is 22.7 Å². The molecule has 0 spiro atoms. The molecule has 0 saturated heterocycles. The normalized spacial score (nSPS) is 11.0. The third kappa shape index (κ3) is 2.37. The van der Waals surface area contributed by atoms with Crippen molar-refractivity contribution in [3.63, 3.8) is 0 Å². The van der Waals surface area contributed by atoms with Crippen LogP contribution < -0.4 is 11.1 Å². The SMILES string of the molecule is Cn1nccc1CCNc1nc2ccc(N)cc2[nH]1. The number of rotatable bonds is 4. The van der Waals surface area contributed by atoms with Crippen LogP contribution in [0.5, 0.6) is 0 Å². The molecule has 0 bridgehead atoms. The molecule has 0 unspecified atom stereocenters. The van der Waals surface area contributed by atoms with Gasteiger partial charge in [-0.15, -0.1) is 0 Å². The Morgan fingerprint density at radius 2 is 2.26 bits per heavy atom. The molecule has 6 nitrogen and oxygen atoms in total. The summed E-state index contributed by atoms with van der Waals surface area (Å²) in [5.41, 5.74) is 9.52. The van der Waals surface area contributed by atoms with E-state index in [2.05, 4.69) is 20.4 Å². The summed E-state index contributed by atoms with van der Waals surface area (Å²) in [5, 5.41) is 7.41. The number of nitrogens with zero attached hydrogens (tertiary/aromatic N) is 3. The van der Waals surface area contributed by atoms with E-state index in [1.165, 1.54) is 5.69 Å². The van der Waals surface area contributed by atoms with E-state index in [-0.39, 0.29) is 0 Å². The molecular formula is C13H16N6. The zero-order valence-electron chi connectivity index (χ0n) is 10.7. The summed E-state index contributed by atoms with van der Waals surface area (Å²) in [6, 6.07) is 7.66. The Labute approximate surface area is 110 Å². The van der Waals surface area contributed by atoms with Gasteiger partial charge in [-0.25, -0.2) is 4.98 Å². The van der Waals surface area contributed by atoms with Crippen LogP contribution in [0.25, 0.3) is 11.0 Å². The Morgan fingerprint density at radius 3 is 3.05 bits per heavy atom. The number of nitrogens with one attached hydrogen (secondary N) is 2. The summed E-state index contributed by atoms with van der Waals surface area (Å²) in [5.74, 6) is 0.766. The van der Waals surface area contributed by atoms with Crippen LogP contribution in [0, 0.1) is 0 Å². The number of aryl methyl sites for hydroxylation is 1. The molecule has 0 aliphatic rings. The average molecular weight is 256 g/mol. The molecular weight excluding hydrogens is 240 g/mol. The molecule has 98 valence electrons. The van der Waals surface area contributed by atoms with Gasteiger partial charge < -0.3 is 16.0 Å². The molecule has 3 rings (SSSR count). The predicted octanol–water partition coefficient (Wildman–Crippen LogP) is 1.53. The van der Waals surface area contributed by atoms with E-state index in [0.717, 1.165) is 35.6 Å². The number of hydrogen-bond acceptors (Lipinski definition) is 4. The maximum atomic E-state index is 5.74. The van der Waals surface area contributed by atoms with Gasteiger partial charge in [0.05, 0.1) is 11.0 Å². The lowest BCUT2D eigenvalue weighted by molar-refractivity contribution is 0.710. The van der Waals surface area contributed by atoms with Crippen molar-refractivity contribution in [2.45, 2.75) is 6.42 Å². The first-order chi connectivity index (χ1) is 9.22. The van der Waals surface area contributed by atoms with Gasteiger partial charge in [0, 0.05) is 37.6 Å². The maximum Gasteiger partial charge on any atom is 0.201 e. The number of imidazole rings is 1. The molecule has 3 aromatic rings. The first-order valence-corrected chi connectivity index (χ1v) is 6.18. The van der Waals surface area contributed by atoms with Gasteiger partial charge >= 0.3 is 0 Å². The number of H-pyrrole nitrogens is 1. The molecule has 2 aromatic heterocycles. The van der Waals surface area contributed by atoms with Gasteiger partial charge in [-0.2, -0.15) is 5.10 Å². The largest absolute Gasteiger partial charge is 0.399 e. The van der Waals surface area contributed by atoms with Crippen molar-refractivity contribution in [1.29, 1.82) is 0 Å². The number of nitrogens with two attached hydrogens (primary N) is 1. The molecule has 0 atom stereocenters. The summed E-state index contributed by atoms with van der Waals surface area (Å²) in [4.78, 5) is 7.66. The second-order valence-electron chi connectivity index (χ2n) is 4.48. The summed E-state index contributed by atoms with van der Waals surface area (Å²) in [7, 11) is 1.94. The molecule has 0 saturated carbocycles. The van der Waals surface area contributed by atoms with Crippen molar-refractivity contribution in [2.75, 3.05) is 17.6 Å². The standard InChI is InChI=1S/C13H16N6/c1-19-10(5-7-16-19)4-6-15-13-17-11-3-2-9(14)8-12(11)18-13/h2-3,5,7-8H,4,6,14H2,1H3,(H2,15,17,18). The van der Waals surface area contributed by atoms with Crippen molar-refractivity contribution in [1.82, 2.24) is 19.7 Å². The monoisotopic (exact) mass is 256 g/mol. The highest BCUT2D eigenvalue weighted by atomic mass is 15.3. The van der Waals surface area contributed by atoms with E-state index >= 15 is 0 Å². The highest BCUT2D eigenvalue weighted by Gasteiger charge is 2.03. The Bertz CT molecular complexity index is 696. The summed E-state index contributed by atoms with van der Waals surface area (Å²) >= 11 is 0. The number of anilines is 2. The van der Waals surface area contributed by atoms with Crippen molar-refractivity contribution in [3.05, 3.63) is 36.2 Å². The Balaban J connectivity index is 1.67. The van der Waals surface area contributed by atoms with Gasteiger partial charge in [0.2, 0.25) is 5.95 Å². The van der Waals surface area contributed by atoms with E-state index in [1.807, 2.05) is 36.0 Å². The lowest BCUT2D eigenvalue weighted by atomic mass is 10.3. The summed E-state index contributed by atoms with van der Waals surface area (Å²) < 4.78 is 1.88. The minimum atomic E-state index is 0.734. The van der Waals surface area contributed by atoms with Crippen LogP contribution in [0.15, 0.2) is 30.5 Å². The Morgan fingerprint density at radius 1 is 1.37 bits per heavy atom. The first kappa shape index (κ1) is 11.6. The van der Waals surface area contributed by atoms with Gasteiger partial charge in [0.25, 0.3) is 0 Å². The van der Waals surface area contributed by atoms with E-state index in [4.69, 9.17) is 5.73 Å². The molecule has 1 aromatic carbocycles. The second-order valence-corrected chi connectivity index (χ2v) is 4.48.